The molecule has 0 aliphatic rings. The number of aromatic nitrogens is 2. The summed E-state index contributed by atoms with van der Waals surface area (Å²) < 4.78 is 5.19. The third-order valence-corrected chi connectivity index (χ3v) is 3.39. The molecule has 0 amide bonds. The summed E-state index contributed by atoms with van der Waals surface area (Å²) in [5, 5.41) is 0. The second-order valence-corrected chi connectivity index (χ2v) is 4.43. The fourth-order valence-electron chi connectivity index (χ4n) is 2.09. The Labute approximate surface area is 114 Å². The van der Waals surface area contributed by atoms with Crippen LogP contribution < -0.4 is 4.90 Å². The third kappa shape index (κ3) is 3.82. The van der Waals surface area contributed by atoms with Crippen molar-refractivity contribution in [2.24, 2.45) is 0 Å². The van der Waals surface area contributed by atoms with E-state index < -0.39 is 0 Å². The lowest BCUT2D eigenvalue weighted by Crippen LogP contribution is -2.38. The Kier molecular flexibility index (Phi) is 6.98. The molecule has 0 radical (unpaired) electrons. The largest absolute Gasteiger partial charge is 0.383 e. The molecule has 5 heteroatoms. The van der Waals surface area contributed by atoms with E-state index >= 15 is 0 Å². The summed E-state index contributed by atoms with van der Waals surface area (Å²) in [5.74, 6) is 1.37. The summed E-state index contributed by atoms with van der Waals surface area (Å²) in [4.78, 5) is 10.7. The lowest BCUT2D eigenvalue weighted by Gasteiger charge is -2.32. The van der Waals surface area contributed by atoms with Crippen LogP contribution in [0.4, 0.5) is 5.82 Å². The molecule has 0 saturated carbocycles. The molecule has 1 rings (SSSR count). The number of alkyl halides is 1. The van der Waals surface area contributed by atoms with Crippen molar-refractivity contribution in [3.8, 4) is 0 Å². The Morgan fingerprint density at radius 3 is 2.67 bits per heavy atom. The predicted octanol–water partition coefficient (Wildman–Crippen LogP) is 2.86. The van der Waals surface area contributed by atoms with Gasteiger partial charge in [0.2, 0.25) is 0 Å². The highest BCUT2D eigenvalue weighted by Crippen LogP contribution is 2.22. The Balaban J connectivity index is 2.99. The minimum Gasteiger partial charge on any atom is -0.383 e. The number of rotatable bonds is 8. The molecule has 1 aromatic heterocycles. The van der Waals surface area contributed by atoms with Crippen molar-refractivity contribution in [3.05, 3.63) is 18.1 Å². The summed E-state index contributed by atoms with van der Waals surface area (Å²) in [6.07, 6.45) is 5.52. The number of halogens is 1. The standard InChI is InChI=1S/C13H22ClN3O/c1-4-12(5-2)17(6-7-18-3)13-11(8-14)9-15-10-16-13/h9-10,12H,4-8H2,1-3H3. The van der Waals surface area contributed by atoms with E-state index in [1.54, 1.807) is 19.6 Å². The molecule has 0 aromatic carbocycles. The maximum atomic E-state index is 5.96. The van der Waals surface area contributed by atoms with Crippen LogP contribution in [0.5, 0.6) is 0 Å². The van der Waals surface area contributed by atoms with Crippen LogP contribution in [0.1, 0.15) is 32.3 Å². The number of hydrogen-bond donors (Lipinski definition) is 0. The van der Waals surface area contributed by atoms with Gasteiger partial charge in [0.1, 0.15) is 12.1 Å². The van der Waals surface area contributed by atoms with E-state index in [0.29, 0.717) is 18.5 Å². The summed E-state index contributed by atoms with van der Waals surface area (Å²) >= 11 is 5.96. The second kappa shape index (κ2) is 8.27. The second-order valence-electron chi connectivity index (χ2n) is 4.16. The predicted molar refractivity (Wildman–Crippen MR) is 75.2 cm³/mol. The lowest BCUT2D eigenvalue weighted by molar-refractivity contribution is 0.202. The molecule has 0 unspecified atom stereocenters. The highest BCUT2D eigenvalue weighted by molar-refractivity contribution is 6.17. The van der Waals surface area contributed by atoms with Gasteiger partial charge in [-0.05, 0) is 12.8 Å². The monoisotopic (exact) mass is 271 g/mol. The van der Waals surface area contributed by atoms with Crippen LogP contribution in [0.2, 0.25) is 0 Å². The zero-order valence-corrected chi connectivity index (χ0v) is 12.2. The van der Waals surface area contributed by atoms with Crippen LogP contribution in [-0.4, -0.2) is 36.3 Å². The summed E-state index contributed by atoms with van der Waals surface area (Å²) in [7, 11) is 1.72. The average Bonchev–Trinajstić information content (AvgIpc) is 2.43. The molecule has 0 spiro atoms. The molecule has 0 saturated heterocycles. The molecule has 4 nitrogen and oxygen atoms in total. The Morgan fingerprint density at radius 2 is 2.11 bits per heavy atom. The van der Waals surface area contributed by atoms with Crippen LogP contribution in [0, 0.1) is 0 Å². The van der Waals surface area contributed by atoms with Crippen molar-refractivity contribution >= 4 is 17.4 Å². The SMILES string of the molecule is CCC(CC)N(CCOC)c1ncncc1CCl. The minimum absolute atomic E-state index is 0.430. The molecule has 0 aliphatic carbocycles. The van der Waals surface area contributed by atoms with Gasteiger partial charge in [0, 0.05) is 31.5 Å². The normalized spacial score (nSPS) is 10.9. The molecule has 1 heterocycles. The van der Waals surface area contributed by atoms with E-state index in [1.807, 2.05) is 0 Å². The van der Waals surface area contributed by atoms with E-state index in [1.165, 1.54) is 0 Å². The van der Waals surface area contributed by atoms with Gasteiger partial charge in [-0.25, -0.2) is 9.97 Å². The van der Waals surface area contributed by atoms with Crippen LogP contribution in [0.15, 0.2) is 12.5 Å². The van der Waals surface area contributed by atoms with Gasteiger partial charge in [0.05, 0.1) is 12.5 Å². The Morgan fingerprint density at radius 1 is 1.39 bits per heavy atom. The first-order valence-electron chi connectivity index (χ1n) is 6.38. The van der Waals surface area contributed by atoms with E-state index in [9.17, 15) is 0 Å². The number of methoxy groups -OCH3 is 1. The molecule has 0 fully saturated rings. The van der Waals surface area contributed by atoms with Gasteiger partial charge < -0.3 is 9.64 Å². The van der Waals surface area contributed by atoms with Crippen LogP contribution in [-0.2, 0) is 10.6 Å². The van der Waals surface area contributed by atoms with Crippen molar-refractivity contribution in [2.45, 2.75) is 38.6 Å². The van der Waals surface area contributed by atoms with Crippen molar-refractivity contribution in [1.82, 2.24) is 9.97 Å². The fraction of sp³-hybridized carbons (Fsp3) is 0.692. The molecular weight excluding hydrogens is 250 g/mol. The third-order valence-electron chi connectivity index (χ3n) is 3.10. The van der Waals surface area contributed by atoms with Gasteiger partial charge in [-0.3, -0.25) is 0 Å². The smallest absolute Gasteiger partial charge is 0.136 e. The van der Waals surface area contributed by atoms with Gasteiger partial charge >= 0.3 is 0 Å². The topological polar surface area (TPSA) is 38.2 Å². The maximum Gasteiger partial charge on any atom is 0.136 e. The first kappa shape index (κ1) is 15.2. The lowest BCUT2D eigenvalue weighted by atomic mass is 10.1. The number of ether oxygens (including phenoxy) is 1. The molecule has 0 aliphatic heterocycles. The zero-order chi connectivity index (χ0) is 13.4. The first-order valence-corrected chi connectivity index (χ1v) is 6.92. The highest BCUT2D eigenvalue weighted by Gasteiger charge is 2.19. The van der Waals surface area contributed by atoms with Crippen LogP contribution >= 0.6 is 11.6 Å². The van der Waals surface area contributed by atoms with Crippen molar-refractivity contribution in [1.29, 1.82) is 0 Å². The first-order chi connectivity index (χ1) is 8.78. The van der Waals surface area contributed by atoms with Crippen molar-refractivity contribution < 1.29 is 4.74 Å². The zero-order valence-electron chi connectivity index (χ0n) is 11.4. The minimum atomic E-state index is 0.430. The highest BCUT2D eigenvalue weighted by atomic mass is 35.5. The van der Waals surface area contributed by atoms with Gasteiger partial charge in [-0.1, -0.05) is 13.8 Å². The van der Waals surface area contributed by atoms with Crippen LogP contribution in [0.25, 0.3) is 0 Å². The van der Waals surface area contributed by atoms with E-state index in [0.717, 1.165) is 30.8 Å². The fourth-order valence-corrected chi connectivity index (χ4v) is 2.27. The van der Waals surface area contributed by atoms with E-state index in [2.05, 4.69) is 28.7 Å². The average molecular weight is 272 g/mol. The van der Waals surface area contributed by atoms with Gasteiger partial charge in [-0.15, -0.1) is 11.6 Å². The van der Waals surface area contributed by atoms with Gasteiger partial charge in [-0.2, -0.15) is 0 Å². The quantitative estimate of drug-likeness (QED) is 0.682. The molecule has 1 aromatic rings. The molecule has 0 bridgehead atoms. The Hall–Kier alpha value is -0.870. The molecular formula is C13H22ClN3O. The molecule has 102 valence electrons. The van der Waals surface area contributed by atoms with E-state index in [-0.39, 0.29) is 0 Å². The number of anilines is 1. The molecule has 0 atom stereocenters. The summed E-state index contributed by atoms with van der Waals surface area (Å²) in [5.41, 5.74) is 0.974. The summed E-state index contributed by atoms with van der Waals surface area (Å²) in [6, 6.07) is 0.456. The van der Waals surface area contributed by atoms with Crippen LogP contribution in [0.3, 0.4) is 0 Å². The van der Waals surface area contributed by atoms with E-state index in [4.69, 9.17) is 16.3 Å². The number of hydrogen-bond acceptors (Lipinski definition) is 4. The van der Waals surface area contributed by atoms with Crippen molar-refractivity contribution in [2.75, 3.05) is 25.2 Å². The maximum absolute atomic E-state index is 5.96. The van der Waals surface area contributed by atoms with Gasteiger partial charge in [0.15, 0.2) is 0 Å². The Bertz CT molecular complexity index is 345. The summed E-state index contributed by atoms with van der Waals surface area (Å²) in [6.45, 7) is 5.89. The molecule has 18 heavy (non-hydrogen) atoms. The van der Waals surface area contributed by atoms with Gasteiger partial charge in [0.25, 0.3) is 0 Å². The molecule has 0 N–H and O–H groups in total. The van der Waals surface area contributed by atoms with Crippen molar-refractivity contribution in [3.63, 3.8) is 0 Å². The number of nitrogens with zero attached hydrogens (tertiary/aromatic N) is 3.